The van der Waals surface area contributed by atoms with Gasteiger partial charge in [-0.25, -0.2) is 87.8 Å². The first-order valence-corrected chi connectivity index (χ1v) is 25.6. The molecule has 0 bridgehead atoms. The average molecular weight is 1080 g/mol. The Morgan fingerprint density at radius 3 is 0.767 bits per heavy atom. The van der Waals surface area contributed by atoms with Crippen LogP contribution in [0.3, 0.4) is 0 Å². The van der Waals surface area contributed by atoms with Crippen molar-refractivity contribution in [2.24, 2.45) is 0 Å². The summed E-state index contributed by atoms with van der Waals surface area (Å²) in [6.07, 6.45) is 13.7. The van der Waals surface area contributed by atoms with E-state index in [-0.39, 0.29) is 0 Å². The molecule has 0 aromatic heterocycles. The summed E-state index contributed by atoms with van der Waals surface area (Å²) in [5.74, 6) is -71.0. The highest BCUT2D eigenvalue weighted by atomic mass is 31.2. The van der Waals surface area contributed by atoms with Crippen molar-refractivity contribution in [2.45, 2.75) is 97.8 Å². The zero-order valence-corrected chi connectivity index (χ0v) is 40.1. The molecule has 0 radical (unpaired) electrons. The highest BCUT2D eigenvalue weighted by Gasteiger charge is 2.52. The van der Waals surface area contributed by atoms with Crippen LogP contribution in [0.5, 0.6) is 0 Å². The molecular formula is C50H46BF20OP. The molecule has 5 aromatic rings. The predicted octanol–water partition coefficient (Wildman–Crippen LogP) is 14.5. The number of unbranched alkanes of at least 4 members (excludes halogenated alkanes) is 9. The number of ketones is 1. The van der Waals surface area contributed by atoms with Crippen molar-refractivity contribution in [1.82, 2.24) is 0 Å². The van der Waals surface area contributed by atoms with Gasteiger partial charge in [0.2, 0.25) is 0 Å². The summed E-state index contributed by atoms with van der Waals surface area (Å²) < 4.78 is 294. The molecule has 0 heterocycles. The Bertz CT molecular complexity index is 2360. The molecular weight excluding hydrogens is 1040 g/mol. The number of halogens is 20. The van der Waals surface area contributed by atoms with Crippen LogP contribution >= 0.6 is 7.26 Å². The van der Waals surface area contributed by atoms with E-state index < -0.39 is 152 Å². The third-order valence-electron chi connectivity index (χ3n) is 12.7. The molecule has 1 nitrogen and oxygen atoms in total. The molecule has 0 spiro atoms. The quantitative estimate of drug-likeness (QED) is 0.0128. The van der Waals surface area contributed by atoms with Crippen LogP contribution in [-0.2, 0) is 0 Å². The molecule has 0 N–H and O–H groups in total. The van der Waals surface area contributed by atoms with E-state index in [1.807, 2.05) is 30.3 Å². The maximum absolute atomic E-state index is 15.4. The van der Waals surface area contributed by atoms with E-state index in [1.54, 1.807) is 0 Å². The molecule has 400 valence electrons. The zero-order valence-electron chi connectivity index (χ0n) is 39.2. The second-order valence-electron chi connectivity index (χ2n) is 17.4. The Kier molecular flexibility index (Phi) is 21.4. The minimum Gasteiger partial charge on any atom is -0.290 e. The molecule has 5 aromatic carbocycles. The van der Waals surface area contributed by atoms with Crippen molar-refractivity contribution in [3.05, 3.63) is 152 Å². The van der Waals surface area contributed by atoms with Crippen LogP contribution in [0.25, 0.3) is 0 Å². The number of rotatable bonds is 22. The number of Topliss-reactive ketones (excluding diaryl/α,β-unsaturated/α-hetero) is 1. The molecule has 5 rings (SSSR count). The topological polar surface area (TPSA) is 17.1 Å². The fourth-order valence-corrected chi connectivity index (χ4v) is 13.7. The van der Waals surface area contributed by atoms with E-state index in [0.717, 1.165) is 11.7 Å². The summed E-state index contributed by atoms with van der Waals surface area (Å²) in [5.41, 5.74) is -13.4. The summed E-state index contributed by atoms with van der Waals surface area (Å²) in [6.45, 7) is 6.87. The van der Waals surface area contributed by atoms with Gasteiger partial charge < -0.3 is 0 Å². The average Bonchev–Trinajstić information content (AvgIpc) is 3.38. The normalized spacial score (nSPS) is 11.9. The maximum atomic E-state index is 15.4. The first kappa shape index (κ1) is 60.4. The lowest BCUT2D eigenvalue weighted by atomic mass is 9.12. The number of benzene rings is 5. The largest absolute Gasteiger partial charge is 0.290 e. The summed E-state index contributed by atoms with van der Waals surface area (Å²) in [4.78, 5) is 13.2. The van der Waals surface area contributed by atoms with Crippen molar-refractivity contribution >= 4 is 41.0 Å². The number of carbonyl (C=O) groups is 1. The molecule has 0 aliphatic carbocycles. The van der Waals surface area contributed by atoms with Crippen LogP contribution < -0.4 is 21.9 Å². The molecule has 0 atom stereocenters. The van der Waals surface area contributed by atoms with Crippen molar-refractivity contribution < 1.29 is 92.6 Å². The molecule has 0 saturated carbocycles. The minimum absolute atomic E-state index is 0.412. The standard InChI is InChI=1S/C26H46OP.C24BF20/c1-4-7-10-16-21-28(22-17-11-8-5-2,23-18-12-9-6-3)24-26(27)25-19-14-13-15-20-25;26-5-1(6(27)14(35)21(42)13(5)34)25(2-7(28)15(36)22(43)16(37)8(2)29,3-9(30)17(38)23(44)18(39)10(3)31)4-11(32)19(40)24(45)20(41)12(4)33/h13-15,19-20H,4-12,16-18,21-24H2,1-3H3;/q+1;-1. The lowest BCUT2D eigenvalue weighted by Crippen LogP contribution is -2.81. The van der Waals surface area contributed by atoms with Gasteiger partial charge in [-0.05, 0) is 38.5 Å². The highest BCUT2D eigenvalue weighted by Crippen LogP contribution is 2.61. The Labute approximate surface area is 407 Å². The lowest BCUT2D eigenvalue weighted by Gasteiger charge is -2.44. The molecule has 0 amide bonds. The van der Waals surface area contributed by atoms with E-state index in [1.165, 1.54) is 95.5 Å². The third kappa shape index (κ3) is 12.0. The summed E-state index contributed by atoms with van der Waals surface area (Å²) in [6, 6.07) is 10.1. The van der Waals surface area contributed by atoms with Gasteiger partial charge in [-0.1, -0.05) is 89.6 Å². The van der Waals surface area contributed by atoms with Gasteiger partial charge in [0.1, 0.15) is 58.8 Å². The first-order valence-electron chi connectivity index (χ1n) is 23.0. The van der Waals surface area contributed by atoms with E-state index in [2.05, 4.69) is 20.8 Å². The van der Waals surface area contributed by atoms with E-state index >= 15 is 35.1 Å². The molecule has 0 saturated heterocycles. The van der Waals surface area contributed by atoms with Gasteiger partial charge in [0, 0.05) is 12.8 Å². The predicted molar refractivity (Wildman–Crippen MR) is 239 cm³/mol. The second-order valence-corrected chi connectivity index (χ2v) is 21.8. The van der Waals surface area contributed by atoms with Crippen molar-refractivity contribution in [3.63, 3.8) is 0 Å². The third-order valence-corrected chi connectivity index (χ3v) is 17.5. The Balaban J connectivity index is 0.000000355. The molecule has 73 heavy (non-hydrogen) atoms. The van der Waals surface area contributed by atoms with Crippen LogP contribution in [0, 0.1) is 116 Å². The first-order chi connectivity index (χ1) is 34.4. The number of hydrogen-bond acceptors (Lipinski definition) is 1. The SMILES string of the molecule is CCCCCC[P+](CCCCCC)(CCCCCC)CC(=O)c1ccccc1.Fc1c(F)c(F)c([B-](c2c(F)c(F)c(F)c(F)c2F)(c2c(F)c(F)c(F)c(F)c2F)c2c(F)c(F)c(F)c(F)c2F)c(F)c1F. The van der Waals surface area contributed by atoms with Crippen molar-refractivity contribution in [1.29, 1.82) is 0 Å². The van der Waals surface area contributed by atoms with Gasteiger partial charge >= 0.3 is 0 Å². The Morgan fingerprint density at radius 2 is 0.548 bits per heavy atom. The van der Waals surface area contributed by atoms with Crippen LogP contribution in [0.1, 0.15) is 108 Å². The number of hydrogen-bond donors (Lipinski definition) is 0. The monoisotopic (exact) mass is 1080 g/mol. The van der Waals surface area contributed by atoms with Crippen LogP contribution in [0.15, 0.2) is 30.3 Å². The molecule has 23 heteroatoms. The molecule has 0 aliphatic heterocycles. The van der Waals surface area contributed by atoms with Gasteiger partial charge in [0.15, 0.2) is 75.6 Å². The van der Waals surface area contributed by atoms with Crippen LogP contribution in [-0.4, -0.2) is 36.6 Å². The molecule has 0 aliphatic rings. The maximum Gasteiger partial charge on any atom is 0.200 e. The zero-order chi connectivity index (χ0) is 54.9. The van der Waals surface area contributed by atoms with E-state index in [0.29, 0.717) is 5.78 Å². The minimum atomic E-state index is -7.22. The van der Waals surface area contributed by atoms with Gasteiger partial charge in [0.05, 0.1) is 18.5 Å². The van der Waals surface area contributed by atoms with Crippen LogP contribution in [0.4, 0.5) is 87.8 Å². The second kappa shape index (κ2) is 25.9. The summed E-state index contributed by atoms with van der Waals surface area (Å²) >= 11 is 0. The van der Waals surface area contributed by atoms with Gasteiger partial charge in [-0.3, -0.25) is 4.79 Å². The Morgan fingerprint density at radius 1 is 0.329 bits per heavy atom. The summed E-state index contributed by atoms with van der Waals surface area (Å²) in [5, 5.41) is 0. The lowest BCUT2D eigenvalue weighted by molar-refractivity contribution is 0.102. The highest BCUT2D eigenvalue weighted by molar-refractivity contribution is 7.76. The fourth-order valence-electron chi connectivity index (χ4n) is 9.09. The number of carbonyl (C=O) groups excluding carboxylic acids is 1. The van der Waals surface area contributed by atoms with Crippen LogP contribution in [0.2, 0.25) is 0 Å². The van der Waals surface area contributed by atoms with Gasteiger partial charge in [-0.2, -0.15) is 0 Å². The Hall–Kier alpha value is -5.14. The van der Waals surface area contributed by atoms with Crippen molar-refractivity contribution in [3.8, 4) is 0 Å². The molecule has 0 unspecified atom stereocenters. The van der Waals surface area contributed by atoms with E-state index in [9.17, 15) is 57.5 Å². The van der Waals surface area contributed by atoms with Gasteiger partial charge in [0.25, 0.3) is 0 Å². The summed E-state index contributed by atoms with van der Waals surface area (Å²) in [7, 11) is -1.19. The van der Waals surface area contributed by atoms with Crippen molar-refractivity contribution in [2.75, 3.05) is 24.6 Å². The smallest absolute Gasteiger partial charge is 0.200 e. The molecule has 0 fully saturated rings. The van der Waals surface area contributed by atoms with E-state index in [4.69, 9.17) is 0 Å². The van der Waals surface area contributed by atoms with Gasteiger partial charge in [-0.15, -0.1) is 21.9 Å². The fraction of sp³-hybridized carbons (Fsp3) is 0.380.